The van der Waals surface area contributed by atoms with Crippen molar-refractivity contribution in [2.45, 2.75) is 51.6 Å². The van der Waals surface area contributed by atoms with Gasteiger partial charge in [-0.15, -0.1) is 0 Å². The van der Waals surface area contributed by atoms with Crippen molar-refractivity contribution in [1.29, 1.82) is 0 Å². The molecule has 1 saturated heterocycles. The topological polar surface area (TPSA) is 40.5 Å². The predicted octanol–water partition coefficient (Wildman–Crippen LogP) is 1.55. The maximum atomic E-state index is 12.3. The van der Waals surface area contributed by atoms with Crippen LogP contribution in [0.15, 0.2) is 0 Å². The summed E-state index contributed by atoms with van der Waals surface area (Å²) in [4.78, 5) is 14.1. The first-order chi connectivity index (χ1) is 6.93. The van der Waals surface area contributed by atoms with E-state index in [4.69, 9.17) is 0 Å². The molecule has 1 heterocycles. The summed E-state index contributed by atoms with van der Waals surface area (Å²) in [7, 11) is 0. The fraction of sp³-hybridized carbons (Fsp3) is 0.917. The first kappa shape index (κ1) is 10.9. The molecule has 0 aromatic carbocycles. The van der Waals surface area contributed by atoms with Gasteiger partial charge in [-0.05, 0) is 26.2 Å². The number of aliphatic hydroxyl groups is 1. The average Bonchev–Trinajstić information content (AvgIpc) is 2.72. The molecule has 0 aromatic heterocycles. The van der Waals surface area contributed by atoms with Gasteiger partial charge < -0.3 is 10.0 Å². The summed E-state index contributed by atoms with van der Waals surface area (Å²) >= 11 is 0. The number of likely N-dealkylation sites (tertiary alicyclic amines) is 1. The van der Waals surface area contributed by atoms with E-state index in [1.807, 2.05) is 11.8 Å². The summed E-state index contributed by atoms with van der Waals surface area (Å²) in [6, 6.07) is 0. The summed E-state index contributed by atoms with van der Waals surface area (Å²) in [5.74, 6) is 0.262. The summed E-state index contributed by atoms with van der Waals surface area (Å²) in [6.45, 7) is 5.13. The predicted molar refractivity (Wildman–Crippen MR) is 58.4 cm³/mol. The smallest absolute Gasteiger partial charge is 0.228 e. The molecule has 0 spiro atoms. The highest BCUT2D eigenvalue weighted by atomic mass is 16.3. The third-order valence-corrected chi connectivity index (χ3v) is 3.96. The van der Waals surface area contributed by atoms with Crippen LogP contribution in [-0.2, 0) is 4.79 Å². The van der Waals surface area contributed by atoms with Crippen molar-refractivity contribution in [3.8, 4) is 0 Å². The molecule has 86 valence electrons. The second kappa shape index (κ2) is 3.48. The fourth-order valence-electron chi connectivity index (χ4n) is 2.87. The van der Waals surface area contributed by atoms with Crippen molar-refractivity contribution in [2.75, 3.05) is 13.1 Å². The molecule has 2 fully saturated rings. The SMILES string of the molecule is CC1(O)CCN(C(=O)C2(C)CCCC2)C1. The average molecular weight is 211 g/mol. The van der Waals surface area contributed by atoms with Gasteiger partial charge in [0.2, 0.25) is 5.91 Å². The first-order valence-electron chi connectivity index (χ1n) is 5.95. The van der Waals surface area contributed by atoms with Crippen LogP contribution in [0.4, 0.5) is 0 Å². The standard InChI is InChI=1S/C12H21NO2/c1-11(5-3-4-6-11)10(14)13-8-7-12(2,15)9-13/h15H,3-9H2,1-2H3. The van der Waals surface area contributed by atoms with Crippen LogP contribution in [-0.4, -0.2) is 34.6 Å². The van der Waals surface area contributed by atoms with Gasteiger partial charge in [-0.3, -0.25) is 4.79 Å². The summed E-state index contributed by atoms with van der Waals surface area (Å²) in [6.07, 6.45) is 5.10. The van der Waals surface area contributed by atoms with Crippen LogP contribution in [0.1, 0.15) is 46.0 Å². The van der Waals surface area contributed by atoms with Crippen molar-refractivity contribution < 1.29 is 9.90 Å². The number of hydrogen-bond donors (Lipinski definition) is 1. The van der Waals surface area contributed by atoms with Crippen molar-refractivity contribution in [3.05, 3.63) is 0 Å². The number of hydrogen-bond acceptors (Lipinski definition) is 2. The number of rotatable bonds is 1. The summed E-state index contributed by atoms with van der Waals surface area (Å²) < 4.78 is 0. The van der Waals surface area contributed by atoms with Gasteiger partial charge in [-0.2, -0.15) is 0 Å². The van der Waals surface area contributed by atoms with Crippen LogP contribution in [0.2, 0.25) is 0 Å². The Morgan fingerprint density at radius 1 is 1.20 bits per heavy atom. The van der Waals surface area contributed by atoms with E-state index in [0.717, 1.165) is 25.8 Å². The van der Waals surface area contributed by atoms with Crippen molar-refractivity contribution in [1.82, 2.24) is 4.90 Å². The maximum Gasteiger partial charge on any atom is 0.228 e. The van der Waals surface area contributed by atoms with Gasteiger partial charge >= 0.3 is 0 Å². The normalized spacial score (nSPS) is 34.7. The minimum absolute atomic E-state index is 0.138. The van der Waals surface area contributed by atoms with E-state index >= 15 is 0 Å². The van der Waals surface area contributed by atoms with E-state index in [9.17, 15) is 9.90 Å². The Labute approximate surface area is 91.5 Å². The Hall–Kier alpha value is -0.570. The molecule has 0 radical (unpaired) electrons. The molecule has 0 bridgehead atoms. The Bertz CT molecular complexity index is 267. The minimum Gasteiger partial charge on any atom is -0.388 e. The van der Waals surface area contributed by atoms with Crippen LogP contribution in [0.5, 0.6) is 0 Å². The number of amides is 1. The third-order valence-electron chi connectivity index (χ3n) is 3.96. The van der Waals surface area contributed by atoms with Crippen LogP contribution in [0.25, 0.3) is 0 Å². The zero-order chi connectivity index (χ0) is 11.1. The van der Waals surface area contributed by atoms with Gasteiger partial charge in [0.1, 0.15) is 0 Å². The lowest BCUT2D eigenvalue weighted by atomic mass is 9.87. The second-order valence-corrected chi connectivity index (χ2v) is 5.74. The molecule has 15 heavy (non-hydrogen) atoms. The largest absolute Gasteiger partial charge is 0.388 e. The zero-order valence-corrected chi connectivity index (χ0v) is 9.75. The third kappa shape index (κ3) is 2.03. The number of carbonyl (C=O) groups excluding carboxylic acids is 1. The van der Waals surface area contributed by atoms with E-state index in [1.54, 1.807) is 0 Å². The molecule has 2 rings (SSSR count). The molecular weight excluding hydrogens is 190 g/mol. The molecule has 3 nitrogen and oxygen atoms in total. The quantitative estimate of drug-likeness (QED) is 0.715. The first-order valence-corrected chi connectivity index (χ1v) is 5.95. The van der Waals surface area contributed by atoms with Gasteiger partial charge in [-0.25, -0.2) is 0 Å². The molecule has 2 aliphatic rings. The lowest BCUT2D eigenvalue weighted by Gasteiger charge is -2.29. The van der Waals surface area contributed by atoms with Crippen LogP contribution in [0, 0.1) is 5.41 Å². The molecule has 0 aromatic rings. The number of nitrogens with zero attached hydrogens (tertiary/aromatic N) is 1. The highest BCUT2D eigenvalue weighted by Crippen LogP contribution is 2.40. The van der Waals surface area contributed by atoms with Gasteiger partial charge in [0, 0.05) is 18.5 Å². The highest BCUT2D eigenvalue weighted by molar-refractivity contribution is 5.83. The van der Waals surface area contributed by atoms with E-state index in [-0.39, 0.29) is 11.3 Å². The number of β-amino-alcohol motifs (C(OH)–C–C–N with tert-alkyl or cyclic N) is 1. The summed E-state index contributed by atoms with van der Waals surface area (Å²) in [5.41, 5.74) is -0.801. The van der Waals surface area contributed by atoms with Crippen molar-refractivity contribution >= 4 is 5.91 Å². The minimum atomic E-state index is -0.662. The van der Waals surface area contributed by atoms with Crippen LogP contribution < -0.4 is 0 Å². The molecule has 1 N–H and O–H groups in total. The molecular formula is C12H21NO2. The van der Waals surface area contributed by atoms with Crippen LogP contribution >= 0.6 is 0 Å². The lowest BCUT2D eigenvalue weighted by Crippen LogP contribution is -2.41. The van der Waals surface area contributed by atoms with Crippen molar-refractivity contribution in [3.63, 3.8) is 0 Å². The number of carbonyl (C=O) groups is 1. The Morgan fingerprint density at radius 3 is 2.27 bits per heavy atom. The van der Waals surface area contributed by atoms with Gasteiger partial charge in [0.15, 0.2) is 0 Å². The molecule has 1 saturated carbocycles. The van der Waals surface area contributed by atoms with Gasteiger partial charge in [-0.1, -0.05) is 19.8 Å². The molecule has 1 unspecified atom stereocenters. The Morgan fingerprint density at radius 2 is 1.80 bits per heavy atom. The van der Waals surface area contributed by atoms with Crippen LogP contribution in [0.3, 0.4) is 0 Å². The Kier molecular flexibility index (Phi) is 2.53. The second-order valence-electron chi connectivity index (χ2n) is 5.74. The molecule has 1 aliphatic carbocycles. The highest BCUT2D eigenvalue weighted by Gasteiger charge is 2.43. The maximum absolute atomic E-state index is 12.3. The molecule has 1 amide bonds. The van der Waals surface area contributed by atoms with Gasteiger partial charge in [0.25, 0.3) is 0 Å². The zero-order valence-electron chi connectivity index (χ0n) is 9.75. The van der Waals surface area contributed by atoms with E-state index < -0.39 is 5.60 Å². The van der Waals surface area contributed by atoms with Crippen molar-refractivity contribution in [2.24, 2.45) is 5.41 Å². The lowest BCUT2D eigenvalue weighted by molar-refractivity contribution is -0.140. The molecule has 3 heteroatoms. The molecule has 1 aliphatic heterocycles. The fourth-order valence-corrected chi connectivity index (χ4v) is 2.87. The van der Waals surface area contributed by atoms with Gasteiger partial charge in [0.05, 0.1) is 5.60 Å². The summed E-state index contributed by atoms with van der Waals surface area (Å²) in [5, 5.41) is 9.85. The van der Waals surface area contributed by atoms with E-state index in [0.29, 0.717) is 6.54 Å². The van der Waals surface area contributed by atoms with E-state index in [2.05, 4.69) is 6.92 Å². The van der Waals surface area contributed by atoms with E-state index in [1.165, 1.54) is 12.8 Å². The monoisotopic (exact) mass is 211 g/mol. The Balaban J connectivity index is 2.03. The molecule has 1 atom stereocenters.